The number of aryl methyl sites for hydroxylation is 2. The maximum atomic E-state index is 13.4. The van der Waals surface area contributed by atoms with Gasteiger partial charge in [0.2, 0.25) is 0 Å². The Morgan fingerprint density at radius 1 is 1.38 bits per heavy atom. The Morgan fingerprint density at radius 2 is 2.15 bits per heavy atom. The van der Waals surface area contributed by atoms with E-state index in [1.165, 1.54) is 18.4 Å². The molecule has 0 spiro atoms. The number of aromatic nitrogens is 2. The topological polar surface area (TPSA) is 124 Å². The number of nitrogens with one attached hydrogen (secondary N) is 2. The predicted octanol–water partition coefficient (Wildman–Crippen LogP) is 2.96. The number of rotatable bonds is 8. The minimum atomic E-state index is -2.46. The normalized spacial score (nSPS) is 14.2. The van der Waals surface area contributed by atoms with E-state index in [0.717, 1.165) is 12.8 Å². The van der Waals surface area contributed by atoms with E-state index < -0.39 is 9.73 Å². The fourth-order valence-electron chi connectivity index (χ4n) is 2.36. The van der Waals surface area contributed by atoms with E-state index in [-0.39, 0.29) is 17.3 Å². The smallest absolute Gasteiger partial charge is 0.181 e. The maximum absolute atomic E-state index is 13.4. The second kappa shape index (κ2) is 8.86. The van der Waals surface area contributed by atoms with Crippen LogP contribution in [0.3, 0.4) is 0 Å². The lowest BCUT2D eigenvalue weighted by molar-refractivity contribution is 0.234. The summed E-state index contributed by atoms with van der Waals surface area (Å²) in [6.45, 7) is 1.62. The number of aliphatic imine (C=N–C) groups is 1. The van der Waals surface area contributed by atoms with E-state index in [0.29, 0.717) is 35.5 Å². The number of hydrogen-bond donors (Lipinski definition) is 3. The summed E-state index contributed by atoms with van der Waals surface area (Å²) in [5.41, 5.74) is 3.65. The largest absolute Gasteiger partial charge is 0.290 e. The Kier molecular flexibility index (Phi) is 6.81. The van der Waals surface area contributed by atoms with Gasteiger partial charge in [0.25, 0.3) is 0 Å². The molecule has 0 saturated carbocycles. The summed E-state index contributed by atoms with van der Waals surface area (Å²) < 4.78 is 36.8. The van der Waals surface area contributed by atoms with Gasteiger partial charge in [-0.05, 0) is 55.1 Å². The number of amidine groups is 1. The molecule has 0 amide bonds. The van der Waals surface area contributed by atoms with Gasteiger partial charge in [-0.2, -0.15) is 0 Å². The van der Waals surface area contributed by atoms with Crippen LogP contribution in [-0.2, 0) is 16.1 Å². The SMILES string of the molecule is Cc1cc(N=C(NO)c2nonc2CCCCCS(C)(=N)=O)ccc1F. The molecule has 1 heterocycles. The molecule has 8 nitrogen and oxygen atoms in total. The Bertz CT molecular complexity index is 880. The summed E-state index contributed by atoms with van der Waals surface area (Å²) in [4.78, 5) is 4.22. The van der Waals surface area contributed by atoms with Crippen molar-refractivity contribution in [3.05, 3.63) is 41.0 Å². The van der Waals surface area contributed by atoms with Crippen LogP contribution in [0.5, 0.6) is 0 Å². The molecule has 26 heavy (non-hydrogen) atoms. The second-order valence-electron chi connectivity index (χ2n) is 6.08. The van der Waals surface area contributed by atoms with Gasteiger partial charge in [0, 0.05) is 21.7 Å². The Hall–Kier alpha value is -2.33. The van der Waals surface area contributed by atoms with Crippen molar-refractivity contribution < 1.29 is 18.4 Å². The van der Waals surface area contributed by atoms with Crippen molar-refractivity contribution >= 4 is 21.3 Å². The van der Waals surface area contributed by atoms with E-state index in [2.05, 4.69) is 15.3 Å². The number of benzene rings is 1. The summed E-state index contributed by atoms with van der Waals surface area (Å²) in [5, 5.41) is 17.0. The first kappa shape index (κ1) is 20.0. The Labute approximate surface area is 151 Å². The molecule has 0 saturated heterocycles. The van der Waals surface area contributed by atoms with Gasteiger partial charge in [-0.15, -0.1) is 0 Å². The van der Waals surface area contributed by atoms with Crippen LogP contribution in [-0.4, -0.2) is 37.6 Å². The molecular weight excluding hydrogens is 361 g/mol. The standard InChI is InChI=1S/C16H22FN5O3S/c1-11-10-12(7-8-13(11)17)19-16(20-23)15-14(21-25-22-15)6-4-3-5-9-26(2,18)24/h7-8,10,18,23H,3-6,9H2,1-2H3,(H,19,20). The van der Waals surface area contributed by atoms with Crippen molar-refractivity contribution in [1.29, 1.82) is 4.78 Å². The molecule has 0 fully saturated rings. The molecule has 2 rings (SSSR count). The first-order chi connectivity index (χ1) is 12.3. The minimum absolute atomic E-state index is 0.0509. The van der Waals surface area contributed by atoms with Crippen molar-refractivity contribution in [3.63, 3.8) is 0 Å². The lowest BCUT2D eigenvalue weighted by Gasteiger charge is -2.04. The molecule has 2 aromatic rings. The van der Waals surface area contributed by atoms with Gasteiger partial charge >= 0.3 is 0 Å². The molecule has 1 atom stereocenters. The van der Waals surface area contributed by atoms with E-state index in [1.807, 2.05) is 5.48 Å². The van der Waals surface area contributed by atoms with Crippen molar-refractivity contribution in [2.45, 2.75) is 32.6 Å². The van der Waals surface area contributed by atoms with Crippen LogP contribution >= 0.6 is 0 Å². The number of hydroxylamine groups is 1. The zero-order valence-electron chi connectivity index (χ0n) is 14.7. The highest BCUT2D eigenvalue weighted by atomic mass is 32.2. The molecule has 0 aliphatic carbocycles. The molecule has 1 unspecified atom stereocenters. The monoisotopic (exact) mass is 383 g/mol. The van der Waals surface area contributed by atoms with Crippen molar-refractivity contribution in [3.8, 4) is 0 Å². The van der Waals surface area contributed by atoms with Gasteiger partial charge in [0.1, 0.15) is 11.5 Å². The van der Waals surface area contributed by atoms with E-state index in [9.17, 15) is 13.8 Å². The van der Waals surface area contributed by atoms with Gasteiger partial charge in [-0.25, -0.2) is 14.0 Å². The molecule has 0 radical (unpaired) electrons. The lowest BCUT2D eigenvalue weighted by Crippen LogP contribution is -2.22. The zero-order chi connectivity index (χ0) is 19.2. The molecule has 0 aliphatic heterocycles. The number of hydrogen-bond acceptors (Lipinski definition) is 7. The molecule has 1 aromatic heterocycles. The van der Waals surface area contributed by atoms with Gasteiger partial charge in [-0.3, -0.25) is 19.7 Å². The average molecular weight is 383 g/mol. The molecular formula is C16H22FN5O3S. The summed E-state index contributed by atoms with van der Waals surface area (Å²) in [7, 11) is -2.46. The number of halogens is 1. The third kappa shape index (κ3) is 5.88. The van der Waals surface area contributed by atoms with Gasteiger partial charge in [-0.1, -0.05) is 11.6 Å². The first-order valence-corrected chi connectivity index (χ1v) is 10.2. The van der Waals surface area contributed by atoms with E-state index in [1.54, 1.807) is 13.0 Å². The van der Waals surface area contributed by atoms with Gasteiger partial charge in [0.05, 0.1) is 5.69 Å². The molecule has 3 N–H and O–H groups in total. The van der Waals surface area contributed by atoms with Gasteiger partial charge < -0.3 is 0 Å². The maximum Gasteiger partial charge on any atom is 0.181 e. The van der Waals surface area contributed by atoms with Crippen LogP contribution in [0.25, 0.3) is 0 Å². The quantitative estimate of drug-likeness (QED) is 0.279. The highest BCUT2D eigenvalue weighted by Gasteiger charge is 2.16. The first-order valence-electron chi connectivity index (χ1n) is 8.08. The molecule has 0 aliphatic rings. The van der Waals surface area contributed by atoms with Crippen LogP contribution in [0.4, 0.5) is 10.1 Å². The zero-order valence-corrected chi connectivity index (χ0v) is 15.5. The van der Waals surface area contributed by atoms with Gasteiger partial charge in [0.15, 0.2) is 11.5 Å². The van der Waals surface area contributed by atoms with E-state index in [4.69, 9.17) is 9.41 Å². The Morgan fingerprint density at radius 3 is 2.81 bits per heavy atom. The third-order valence-corrected chi connectivity index (χ3v) is 4.78. The highest BCUT2D eigenvalue weighted by molar-refractivity contribution is 7.91. The van der Waals surface area contributed by atoms with Crippen molar-refractivity contribution in [2.75, 3.05) is 12.0 Å². The summed E-state index contributed by atoms with van der Waals surface area (Å²) in [6, 6.07) is 4.32. The van der Waals surface area contributed by atoms with Crippen LogP contribution < -0.4 is 5.48 Å². The summed E-state index contributed by atoms with van der Waals surface area (Å²) >= 11 is 0. The molecule has 142 valence electrons. The predicted molar refractivity (Wildman–Crippen MR) is 95.8 cm³/mol. The third-order valence-electron chi connectivity index (χ3n) is 3.72. The molecule has 10 heteroatoms. The lowest BCUT2D eigenvalue weighted by atomic mass is 10.1. The van der Waals surface area contributed by atoms with Crippen LogP contribution in [0.15, 0.2) is 27.8 Å². The van der Waals surface area contributed by atoms with Crippen molar-refractivity contribution in [2.24, 2.45) is 4.99 Å². The summed E-state index contributed by atoms with van der Waals surface area (Å²) in [5.74, 6) is 0.0797. The second-order valence-corrected chi connectivity index (χ2v) is 8.50. The highest BCUT2D eigenvalue weighted by Crippen LogP contribution is 2.18. The number of nitrogens with zero attached hydrogens (tertiary/aromatic N) is 3. The van der Waals surface area contributed by atoms with Crippen LogP contribution in [0, 0.1) is 17.5 Å². The fourth-order valence-corrected chi connectivity index (χ4v) is 3.11. The van der Waals surface area contributed by atoms with E-state index >= 15 is 0 Å². The van der Waals surface area contributed by atoms with Crippen LogP contribution in [0.2, 0.25) is 0 Å². The average Bonchev–Trinajstić information content (AvgIpc) is 3.03. The van der Waals surface area contributed by atoms with Crippen molar-refractivity contribution in [1.82, 2.24) is 15.8 Å². The molecule has 0 bridgehead atoms. The minimum Gasteiger partial charge on any atom is -0.290 e. The Balaban J connectivity index is 2.06. The summed E-state index contributed by atoms with van der Waals surface area (Å²) in [6.07, 6.45) is 4.18. The number of unbranched alkanes of at least 4 members (excludes halogenated alkanes) is 2. The fraction of sp³-hybridized carbons (Fsp3) is 0.438. The molecule has 1 aromatic carbocycles. The van der Waals surface area contributed by atoms with Crippen LogP contribution in [0.1, 0.15) is 36.2 Å².